The Bertz CT molecular complexity index is 1740. The highest BCUT2D eigenvalue weighted by atomic mass is 16.5. The predicted molar refractivity (Wildman–Crippen MR) is 175 cm³/mol. The number of hydrogen-bond donors (Lipinski definition) is 4. The molecule has 48 heavy (non-hydrogen) atoms. The highest BCUT2D eigenvalue weighted by molar-refractivity contribution is 5.98. The molecule has 14 nitrogen and oxygen atoms in total. The van der Waals surface area contributed by atoms with Crippen LogP contribution in [-0.2, 0) is 27.3 Å². The first-order valence-corrected chi connectivity index (χ1v) is 15.8. The van der Waals surface area contributed by atoms with E-state index in [2.05, 4.69) is 41.3 Å². The zero-order valence-corrected chi connectivity index (χ0v) is 27.3. The van der Waals surface area contributed by atoms with Crippen LogP contribution in [0.2, 0.25) is 0 Å². The van der Waals surface area contributed by atoms with Crippen LogP contribution in [0.5, 0.6) is 5.75 Å². The molecule has 0 radical (unpaired) electrons. The predicted octanol–water partition coefficient (Wildman–Crippen LogP) is 1.91. The third-order valence-electron chi connectivity index (χ3n) is 7.74. The van der Waals surface area contributed by atoms with Crippen LogP contribution in [-0.4, -0.2) is 73.6 Å². The summed E-state index contributed by atoms with van der Waals surface area (Å²) >= 11 is 0. The number of carbonyl (C=O) groups excluding carboxylic acids is 4. The van der Waals surface area contributed by atoms with E-state index >= 15 is 0 Å². The first kappa shape index (κ1) is 33.7. The Kier molecular flexibility index (Phi) is 10.7. The van der Waals surface area contributed by atoms with Gasteiger partial charge in [-0.2, -0.15) is 5.10 Å². The van der Waals surface area contributed by atoms with Gasteiger partial charge in [-0.05, 0) is 37.5 Å². The van der Waals surface area contributed by atoms with Gasteiger partial charge in [-0.1, -0.05) is 56.3 Å². The molecule has 0 spiro atoms. The summed E-state index contributed by atoms with van der Waals surface area (Å²) < 4.78 is 7.27. The molecule has 0 unspecified atom stereocenters. The van der Waals surface area contributed by atoms with E-state index in [1.165, 1.54) is 17.1 Å². The molecule has 2 aliphatic rings. The molecule has 2 aliphatic heterocycles. The van der Waals surface area contributed by atoms with Crippen molar-refractivity contribution in [3.8, 4) is 17.1 Å². The molecular formula is C34H39N9O5. The lowest BCUT2D eigenvalue weighted by atomic mass is 10.0. The first-order valence-electron chi connectivity index (χ1n) is 15.8. The third kappa shape index (κ3) is 8.57. The molecule has 2 bridgehead atoms. The van der Waals surface area contributed by atoms with Gasteiger partial charge in [0.05, 0.1) is 18.2 Å². The average Bonchev–Trinajstić information content (AvgIpc) is 3.49. The number of ether oxygens (including phenoxy) is 1. The minimum Gasteiger partial charge on any atom is -0.492 e. The minimum absolute atomic E-state index is 0.134. The molecule has 6 rings (SSSR count). The fraction of sp³-hybridized carbons (Fsp3) is 0.353. The van der Waals surface area contributed by atoms with Crippen molar-refractivity contribution in [1.82, 2.24) is 46.0 Å². The largest absolute Gasteiger partial charge is 0.492 e. The molecule has 4 N–H and O–H groups in total. The number of amides is 4. The molecule has 2 aromatic heterocycles. The number of nitrogens with zero attached hydrogens (tertiary/aromatic N) is 5. The van der Waals surface area contributed by atoms with Gasteiger partial charge in [-0.25, -0.2) is 19.6 Å². The molecule has 3 atom stereocenters. The summed E-state index contributed by atoms with van der Waals surface area (Å²) in [7, 11) is 0. The van der Waals surface area contributed by atoms with Gasteiger partial charge in [0.2, 0.25) is 17.7 Å². The Labute approximate surface area is 278 Å². The number of hydrogen-bond acceptors (Lipinski definition) is 9. The van der Waals surface area contributed by atoms with Crippen molar-refractivity contribution < 1.29 is 23.9 Å². The summed E-state index contributed by atoms with van der Waals surface area (Å²) in [6.07, 6.45) is 2.92. The highest BCUT2D eigenvalue weighted by Gasteiger charge is 2.31. The van der Waals surface area contributed by atoms with Crippen molar-refractivity contribution in [2.75, 3.05) is 13.2 Å². The summed E-state index contributed by atoms with van der Waals surface area (Å²) in [5, 5.41) is 16.0. The summed E-state index contributed by atoms with van der Waals surface area (Å²) in [4.78, 5) is 66.5. The fourth-order valence-corrected chi connectivity index (χ4v) is 5.13. The van der Waals surface area contributed by atoms with Gasteiger partial charge in [0.25, 0.3) is 5.91 Å². The highest BCUT2D eigenvalue weighted by Crippen LogP contribution is 2.20. The summed E-state index contributed by atoms with van der Waals surface area (Å²) in [6.45, 7) is 7.39. The van der Waals surface area contributed by atoms with Crippen molar-refractivity contribution in [2.24, 2.45) is 5.92 Å². The normalized spacial score (nSPS) is 19.4. The van der Waals surface area contributed by atoms with Crippen molar-refractivity contribution >= 4 is 23.6 Å². The number of nitrogens with one attached hydrogen (secondary N) is 4. The Morgan fingerprint density at radius 2 is 1.69 bits per heavy atom. The molecule has 0 saturated carbocycles. The number of fused-ring (bicyclic) bond motifs is 14. The molecule has 0 fully saturated rings. The lowest BCUT2D eigenvalue weighted by molar-refractivity contribution is -0.131. The van der Waals surface area contributed by atoms with E-state index in [9.17, 15) is 19.2 Å². The van der Waals surface area contributed by atoms with Crippen LogP contribution in [0.15, 0.2) is 67.0 Å². The van der Waals surface area contributed by atoms with Crippen LogP contribution >= 0.6 is 0 Å². The van der Waals surface area contributed by atoms with Gasteiger partial charge >= 0.3 is 0 Å². The maximum Gasteiger partial charge on any atom is 0.255 e. The summed E-state index contributed by atoms with van der Waals surface area (Å²) in [5.74, 6) is -0.312. The number of carbonyl (C=O) groups is 4. The van der Waals surface area contributed by atoms with E-state index in [0.29, 0.717) is 23.2 Å². The molecule has 0 saturated heterocycles. The van der Waals surface area contributed by atoms with Gasteiger partial charge in [0.15, 0.2) is 5.82 Å². The zero-order chi connectivity index (χ0) is 34.2. The molecule has 250 valence electrons. The van der Waals surface area contributed by atoms with E-state index in [1.807, 2.05) is 44.2 Å². The van der Waals surface area contributed by atoms with E-state index in [1.54, 1.807) is 38.1 Å². The minimum atomic E-state index is -1.03. The number of rotatable bonds is 4. The van der Waals surface area contributed by atoms with E-state index in [-0.39, 0.29) is 43.5 Å². The molecular weight excluding hydrogens is 614 g/mol. The standard InChI is InChI=1S/C34H39N9O5/c1-20(2)29-34(47)38-21(3)31-41-30(24-8-6-5-7-9-24)42-43(31)19-28(44)35-14-15-48-26-12-10-23(11-13-26)16-27(33(46)40-29)39-32(45)25-17-36-22(4)37-18-25/h5-13,17-18,20-21,27,29H,14-16,19H2,1-4H3,(H,35,44)(H,38,47)(H,39,45)(H,40,46)/t21-,27-,29+/m0/s1. The average molecular weight is 654 g/mol. The Hall–Kier alpha value is -5.66. The summed E-state index contributed by atoms with van der Waals surface area (Å²) in [5.41, 5.74) is 1.69. The van der Waals surface area contributed by atoms with Crippen LogP contribution in [0.4, 0.5) is 0 Å². The maximum absolute atomic E-state index is 13.8. The van der Waals surface area contributed by atoms with Crippen LogP contribution in [0.3, 0.4) is 0 Å². The number of aryl methyl sites for hydroxylation is 1. The second kappa shape index (κ2) is 15.3. The SMILES string of the molecule is Cc1ncc(C(=O)N[C@H]2Cc3ccc(cc3)OCCNC(=O)Cn3nc(-c4ccccc4)nc3[C@H](C)NC(=O)[C@@H](C(C)C)NC2=O)cn1. The topological polar surface area (TPSA) is 182 Å². The van der Waals surface area contributed by atoms with Crippen molar-refractivity contribution in [3.05, 3.63) is 89.8 Å². The number of aromatic nitrogens is 5. The van der Waals surface area contributed by atoms with Crippen LogP contribution in [0.25, 0.3) is 11.4 Å². The molecule has 4 amide bonds. The Morgan fingerprint density at radius 1 is 0.979 bits per heavy atom. The third-order valence-corrected chi connectivity index (χ3v) is 7.74. The van der Waals surface area contributed by atoms with E-state index in [4.69, 9.17) is 4.74 Å². The Balaban J connectivity index is 1.45. The van der Waals surface area contributed by atoms with Crippen molar-refractivity contribution in [2.45, 2.75) is 58.8 Å². The van der Waals surface area contributed by atoms with Crippen LogP contribution in [0.1, 0.15) is 54.4 Å². The second-order valence-electron chi connectivity index (χ2n) is 11.9. The quantitative estimate of drug-likeness (QED) is 0.256. The van der Waals surface area contributed by atoms with Gasteiger partial charge in [-0.15, -0.1) is 0 Å². The number of benzene rings is 2. The second-order valence-corrected chi connectivity index (χ2v) is 11.9. The van der Waals surface area contributed by atoms with Gasteiger partial charge in [-0.3, -0.25) is 19.2 Å². The molecule has 14 heteroatoms. The lowest BCUT2D eigenvalue weighted by Gasteiger charge is -2.26. The zero-order valence-electron chi connectivity index (χ0n) is 27.3. The Morgan fingerprint density at radius 3 is 2.38 bits per heavy atom. The molecule has 0 aliphatic carbocycles. The van der Waals surface area contributed by atoms with Crippen LogP contribution in [0, 0.1) is 12.8 Å². The van der Waals surface area contributed by atoms with Crippen molar-refractivity contribution in [3.63, 3.8) is 0 Å². The smallest absolute Gasteiger partial charge is 0.255 e. The van der Waals surface area contributed by atoms with Gasteiger partial charge in [0, 0.05) is 24.4 Å². The van der Waals surface area contributed by atoms with Gasteiger partial charge < -0.3 is 26.0 Å². The van der Waals surface area contributed by atoms with Crippen molar-refractivity contribution in [1.29, 1.82) is 0 Å². The van der Waals surface area contributed by atoms with E-state index in [0.717, 1.165) is 11.1 Å². The lowest BCUT2D eigenvalue weighted by Crippen LogP contribution is -2.56. The molecule has 4 heterocycles. The van der Waals surface area contributed by atoms with Crippen LogP contribution < -0.4 is 26.0 Å². The summed E-state index contributed by atoms with van der Waals surface area (Å²) in [6, 6.07) is 13.7. The van der Waals surface area contributed by atoms with Gasteiger partial charge in [0.1, 0.15) is 42.6 Å². The fourth-order valence-electron chi connectivity index (χ4n) is 5.13. The molecule has 2 aromatic carbocycles. The molecule has 4 aromatic rings. The maximum atomic E-state index is 13.8. The van der Waals surface area contributed by atoms with E-state index < -0.39 is 35.8 Å². The first-order chi connectivity index (χ1) is 23.1. The monoisotopic (exact) mass is 653 g/mol.